The van der Waals surface area contributed by atoms with Crippen LogP contribution >= 0.6 is 12.6 Å². The first kappa shape index (κ1) is 12.7. The lowest BCUT2D eigenvalue weighted by molar-refractivity contribution is 0.109. The molecule has 0 bridgehead atoms. The lowest BCUT2D eigenvalue weighted by Gasteiger charge is -2.11. The molecule has 0 fully saturated rings. The zero-order valence-electron chi connectivity index (χ0n) is 10.3. The summed E-state index contributed by atoms with van der Waals surface area (Å²) in [4.78, 5) is 11.1. The summed E-state index contributed by atoms with van der Waals surface area (Å²) in [6.07, 6.45) is 0. The van der Waals surface area contributed by atoms with E-state index >= 15 is 0 Å². The molecule has 0 radical (unpaired) electrons. The predicted molar refractivity (Wildman–Crippen MR) is 76.5 cm³/mol. The van der Waals surface area contributed by atoms with Gasteiger partial charge in [0, 0.05) is 11.1 Å². The molecule has 2 aromatic rings. The smallest absolute Gasteiger partial charge is 0.216 e. The van der Waals surface area contributed by atoms with E-state index in [2.05, 4.69) is 12.6 Å². The van der Waals surface area contributed by atoms with E-state index in [-0.39, 0.29) is 5.12 Å². The third kappa shape index (κ3) is 2.41. The Hall–Kier alpha value is -1.74. The molecular formula is C15H14O2S. The maximum Gasteiger partial charge on any atom is 0.216 e. The van der Waals surface area contributed by atoms with Gasteiger partial charge >= 0.3 is 0 Å². The third-order valence-electron chi connectivity index (χ3n) is 2.86. The molecule has 0 atom stereocenters. The van der Waals surface area contributed by atoms with E-state index in [9.17, 15) is 4.79 Å². The van der Waals surface area contributed by atoms with Crippen LogP contribution in [0, 0.1) is 6.92 Å². The lowest BCUT2D eigenvalue weighted by atomic mass is 10.0. The second kappa shape index (κ2) is 5.27. The van der Waals surface area contributed by atoms with Crippen LogP contribution in [-0.4, -0.2) is 12.2 Å². The molecule has 3 heteroatoms. The summed E-state index contributed by atoms with van der Waals surface area (Å²) >= 11 is 3.80. The highest BCUT2D eigenvalue weighted by atomic mass is 32.1. The Labute approximate surface area is 112 Å². The topological polar surface area (TPSA) is 26.3 Å². The van der Waals surface area contributed by atoms with Crippen LogP contribution in [0.2, 0.25) is 0 Å². The van der Waals surface area contributed by atoms with Crippen molar-refractivity contribution in [2.45, 2.75) is 6.92 Å². The van der Waals surface area contributed by atoms with Crippen molar-refractivity contribution in [3.05, 3.63) is 53.6 Å². The highest BCUT2D eigenvalue weighted by Gasteiger charge is 2.08. The fourth-order valence-corrected chi connectivity index (χ4v) is 2.09. The first-order valence-corrected chi connectivity index (χ1v) is 6.05. The Morgan fingerprint density at radius 1 is 1.11 bits per heavy atom. The predicted octanol–water partition coefficient (Wildman–Crippen LogP) is 3.74. The molecule has 0 aliphatic rings. The Bertz CT molecular complexity index is 574. The largest absolute Gasteiger partial charge is 0.496 e. The zero-order chi connectivity index (χ0) is 13.1. The van der Waals surface area contributed by atoms with Gasteiger partial charge in [0.2, 0.25) is 5.12 Å². The second-order valence-corrected chi connectivity index (χ2v) is 4.44. The van der Waals surface area contributed by atoms with E-state index < -0.39 is 0 Å². The first-order chi connectivity index (χ1) is 8.63. The number of rotatable bonds is 3. The zero-order valence-corrected chi connectivity index (χ0v) is 11.2. The number of carbonyl (C=O) groups excluding carboxylic acids is 1. The number of aryl methyl sites for hydroxylation is 1. The standard InChI is InChI=1S/C15H14O2S/c1-10-4-3-5-13(14(10)17-2)11-6-8-12(9-7-11)15(16)18/h3-9H,1-2H3,(H,16,18). The minimum absolute atomic E-state index is 0.224. The molecule has 2 nitrogen and oxygen atoms in total. The molecule has 0 heterocycles. The molecule has 2 aromatic carbocycles. The number of benzene rings is 2. The molecule has 92 valence electrons. The van der Waals surface area contributed by atoms with Gasteiger partial charge in [-0.2, -0.15) is 0 Å². The van der Waals surface area contributed by atoms with Gasteiger partial charge in [0.25, 0.3) is 0 Å². The molecular weight excluding hydrogens is 244 g/mol. The average molecular weight is 258 g/mol. The van der Waals surface area contributed by atoms with Gasteiger partial charge in [-0.1, -0.05) is 30.3 Å². The van der Waals surface area contributed by atoms with Gasteiger partial charge in [-0.15, -0.1) is 12.6 Å². The van der Waals surface area contributed by atoms with Crippen molar-refractivity contribution in [1.82, 2.24) is 0 Å². The van der Waals surface area contributed by atoms with Crippen molar-refractivity contribution in [1.29, 1.82) is 0 Å². The summed E-state index contributed by atoms with van der Waals surface area (Å²) in [5.41, 5.74) is 3.72. The van der Waals surface area contributed by atoms with Gasteiger partial charge < -0.3 is 4.74 Å². The molecule has 0 aromatic heterocycles. The van der Waals surface area contributed by atoms with Gasteiger partial charge in [-0.05, 0) is 30.2 Å². The molecule has 0 saturated carbocycles. The maximum atomic E-state index is 11.1. The van der Waals surface area contributed by atoms with Crippen molar-refractivity contribution in [3.63, 3.8) is 0 Å². The number of hydrogen-bond donors (Lipinski definition) is 1. The highest BCUT2D eigenvalue weighted by molar-refractivity contribution is 7.97. The molecule has 18 heavy (non-hydrogen) atoms. The van der Waals surface area contributed by atoms with E-state index in [1.807, 2.05) is 37.3 Å². The van der Waals surface area contributed by atoms with Crippen molar-refractivity contribution in [2.24, 2.45) is 0 Å². The van der Waals surface area contributed by atoms with Crippen LogP contribution in [0.5, 0.6) is 5.75 Å². The third-order valence-corrected chi connectivity index (χ3v) is 3.12. The number of para-hydroxylation sites is 1. The van der Waals surface area contributed by atoms with Crippen LogP contribution in [0.15, 0.2) is 42.5 Å². The average Bonchev–Trinajstić information content (AvgIpc) is 2.38. The van der Waals surface area contributed by atoms with Gasteiger partial charge in [-0.25, -0.2) is 0 Å². The summed E-state index contributed by atoms with van der Waals surface area (Å²) in [5.74, 6) is 0.863. The van der Waals surface area contributed by atoms with Gasteiger partial charge in [0.05, 0.1) is 7.11 Å². The van der Waals surface area contributed by atoms with Gasteiger partial charge in [-0.3, -0.25) is 4.79 Å². The maximum absolute atomic E-state index is 11.1. The number of methoxy groups -OCH3 is 1. The van der Waals surface area contributed by atoms with Gasteiger partial charge in [0.1, 0.15) is 5.75 Å². The number of thiol groups is 1. The molecule has 0 spiro atoms. The molecule has 0 N–H and O–H groups in total. The Morgan fingerprint density at radius 3 is 2.33 bits per heavy atom. The molecule has 0 saturated heterocycles. The van der Waals surface area contributed by atoms with Crippen LogP contribution < -0.4 is 4.74 Å². The van der Waals surface area contributed by atoms with Crippen molar-refractivity contribution in [2.75, 3.05) is 7.11 Å². The van der Waals surface area contributed by atoms with Crippen LogP contribution in [-0.2, 0) is 0 Å². The highest BCUT2D eigenvalue weighted by Crippen LogP contribution is 2.32. The van der Waals surface area contributed by atoms with Crippen LogP contribution in [0.4, 0.5) is 0 Å². The van der Waals surface area contributed by atoms with Crippen molar-refractivity contribution >= 4 is 17.7 Å². The van der Waals surface area contributed by atoms with E-state index in [1.54, 1.807) is 19.2 Å². The van der Waals surface area contributed by atoms with Crippen molar-refractivity contribution in [3.8, 4) is 16.9 Å². The number of carbonyl (C=O) groups is 1. The number of hydrogen-bond acceptors (Lipinski definition) is 2. The van der Waals surface area contributed by atoms with Crippen LogP contribution in [0.1, 0.15) is 15.9 Å². The fraction of sp³-hybridized carbons (Fsp3) is 0.133. The quantitative estimate of drug-likeness (QED) is 0.849. The summed E-state index contributed by atoms with van der Waals surface area (Å²) in [6.45, 7) is 2.01. The van der Waals surface area contributed by atoms with E-state index in [1.165, 1.54) is 0 Å². The molecule has 2 rings (SSSR count). The summed E-state index contributed by atoms with van der Waals surface area (Å²) in [6, 6.07) is 13.3. The minimum atomic E-state index is -0.224. The molecule has 0 amide bonds. The minimum Gasteiger partial charge on any atom is -0.496 e. The SMILES string of the molecule is COc1c(C)cccc1-c1ccc(C(=O)S)cc1. The summed E-state index contributed by atoms with van der Waals surface area (Å²) < 4.78 is 5.43. The fourth-order valence-electron chi connectivity index (χ4n) is 1.94. The Morgan fingerprint density at radius 2 is 1.78 bits per heavy atom. The van der Waals surface area contributed by atoms with Crippen LogP contribution in [0.25, 0.3) is 11.1 Å². The van der Waals surface area contributed by atoms with E-state index in [0.717, 1.165) is 22.4 Å². The Balaban J connectivity index is 2.49. The van der Waals surface area contributed by atoms with E-state index in [0.29, 0.717) is 5.56 Å². The summed E-state index contributed by atoms with van der Waals surface area (Å²) in [7, 11) is 1.66. The normalized spacial score (nSPS) is 10.2. The molecule has 0 unspecified atom stereocenters. The van der Waals surface area contributed by atoms with Crippen LogP contribution in [0.3, 0.4) is 0 Å². The van der Waals surface area contributed by atoms with E-state index in [4.69, 9.17) is 4.74 Å². The molecule has 0 aliphatic carbocycles. The second-order valence-electron chi connectivity index (χ2n) is 4.04. The van der Waals surface area contributed by atoms with Gasteiger partial charge in [0.15, 0.2) is 0 Å². The Kier molecular flexibility index (Phi) is 3.72. The monoisotopic (exact) mass is 258 g/mol. The number of ether oxygens (including phenoxy) is 1. The summed E-state index contributed by atoms with van der Waals surface area (Å²) in [5, 5.41) is -0.224. The first-order valence-electron chi connectivity index (χ1n) is 5.61. The molecule has 0 aliphatic heterocycles. The van der Waals surface area contributed by atoms with Crippen molar-refractivity contribution < 1.29 is 9.53 Å². The lowest BCUT2D eigenvalue weighted by Crippen LogP contribution is -1.92.